The average Bonchev–Trinajstić information content (AvgIpc) is 1.94. The van der Waals surface area contributed by atoms with Crippen molar-refractivity contribution in [2.24, 2.45) is 10.8 Å². The van der Waals surface area contributed by atoms with Gasteiger partial charge in [-0.3, -0.25) is 5.32 Å². The number of hydrogen-bond acceptors (Lipinski definition) is 13. The molecular weight excluding hydrogens is 1210 g/mol. The molecule has 5 saturated carbocycles. The van der Waals surface area contributed by atoms with Crippen molar-refractivity contribution in [3.05, 3.63) is 0 Å². The third-order valence-corrected chi connectivity index (χ3v) is 24.2. The molecule has 14 fully saturated rings. The van der Waals surface area contributed by atoms with Gasteiger partial charge in [-0.15, -0.1) is 0 Å². The molecule has 0 bridgehead atoms. The highest BCUT2D eigenvalue weighted by Gasteiger charge is 2.39. The van der Waals surface area contributed by atoms with Crippen LogP contribution in [-0.2, 0) is 4.74 Å². The highest BCUT2D eigenvalue weighted by atomic mass is 32.2. The normalized spacial score (nSPS) is 25.3. The van der Waals surface area contributed by atoms with Gasteiger partial charge in [0.2, 0.25) is 0 Å². The van der Waals surface area contributed by atoms with E-state index in [0.29, 0.717) is 26.2 Å². The Morgan fingerprint density at radius 2 is 0.558 bits per heavy atom. The van der Waals surface area contributed by atoms with Gasteiger partial charge >= 0.3 is 0 Å². The Labute approximate surface area is 604 Å². The molecule has 0 unspecified atom stereocenters. The van der Waals surface area contributed by atoms with Crippen molar-refractivity contribution >= 4 is 23.5 Å². The standard InChI is InChI=1S/2C10H18.C9H17NO.C9H17NS.C8H17N3.C8H16N2S.C7H15N3.7C3H8/c2*1-2-6-10(7-3-1)8-4-5-9-10;1-2-8-11-9(3-1)4-6-10-7-5-9;1-2-4-9(5-3-1)8-10-6-7-11-9;2*1-3-9-4-2-8(1)7-10-5-6-11-8;1-3-8-4-2-7(1)5-9-6-10-7;7*1-3-2/h2*1-9H2;2*10H,1-8H2;9-11H,1-7H2;9-10H,1-7H2;8-10H,1-6H2;7*3H2,1-2H3. The Bertz CT molecular complexity index is 1260. The smallest absolute Gasteiger partial charge is 0.0706 e. The monoisotopic (exact) mass is 1380 g/mol. The topological polar surface area (TPSA) is 130 Å². The molecule has 7 spiro atoms. The van der Waals surface area contributed by atoms with E-state index in [4.69, 9.17) is 4.74 Å². The summed E-state index contributed by atoms with van der Waals surface area (Å²) in [5.41, 5.74) is 2.93. The van der Waals surface area contributed by atoms with Crippen LogP contribution >= 0.6 is 23.5 Å². The first-order valence-corrected chi connectivity index (χ1v) is 44.3. The Balaban J connectivity index is 0.000000528. The van der Waals surface area contributed by atoms with Crippen LogP contribution in [0.2, 0.25) is 0 Å². The highest BCUT2D eigenvalue weighted by Crippen LogP contribution is 2.50. The Morgan fingerprint density at radius 1 is 0.253 bits per heavy atom. The van der Waals surface area contributed by atoms with E-state index in [2.05, 4.69) is 174 Å². The molecule has 0 atom stereocenters. The van der Waals surface area contributed by atoms with E-state index in [1.54, 1.807) is 51.4 Å². The molecule has 9 saturated heterocycles. The summed E-state index contributed by atoms with van der Waals surface area (Å²) in [6, 6.07) is 0. The first-order valence-electron chi connectivity index (χ1n) is 42.4. The second kappa shape index (κ2) is 60.7. The quantitative estimate of drug-likeness (QED) is 0.113. The predicted octanol–water partition coefficient (Wildman–Crippen LogP) is 19.3. The molecule has 0 radical (unpaired) electrons. The van der Waals surface area contributed by atoms with E-state index in [1.165, 1.54) is 289 Å². The lowest BCUT2D eigenvalue weighted by molar-refractivity contribution is -0.0952. The third-order valence-electron chi connectivity index (χ3n) is 21.1. The molecule has 14 aliphatic rings. The van der Waals surface area contributed by atoms with Crippen LogP contribution in [-0.4, -0.2) is 156 Å². The second-order valence-electron chi connectivity index (χ2n) is 31.4. The van der Waals surface area contributed by atoms with E-state index >= 15 is 0 Å². The van der Waals surface area contributed by atoms with Gasteiger partial charge in [-0.2, -0.15) is 23.5 Å². The van der Waals surface area contributed by atoms with Gasteiger partial charge in [-0.05, 0) is 198 Å². The summed E-state index contributed by atoms with van der Waals surface area (Å²) in [5, 5.41) is 34.5. The number of nitrogens with one attached hydrogen (secondary N) is 10. The molecule has 95 heavy (non-hydrogen) atoms. The van der Waals surface area contributed by atoms with E-state index in [-0.39, 0.29) is 0 Å². The molecule has 11 nitrogen and oxygen atoms in total. The number of rotatable bonds is 0. The van der Waals surface area contributed by atoms with Crippen molar-refractivity contribution in [3.8, 4) is 0 Å². The van der Waals surface area contributed by atoms with E-state index in [9.17, 15) is 0 Å². The van der Waals surface area contributed by atoms with Crippen molar-refractivity contribution in [1.29, 1.82) is 0 Å². The van der Waals surface area contributed by atoms with Gasteiger partial charge in [-0.1, -0.05) is 225 Å². The van der Waals surface area contributed by atoms with Crippen molar-refractivity contribution in [2.45, 2.75) is 386 Å². The lowest BCUT2D eigenvalue weighted by Crippen LogP contribution is -2.62. The molecular formula is C82H174N10OS2. The zero-order valence-corrected chi connectivity index (χ0v) is 68.5. The van der Waals surface area contributed by atoms with Gasteiger partial charge in [0.05, 0.1) is 5.60 Å². The zero-order valence-electron chi connectivity index (χ0n) is 66.9. The lowest BCUT2D eigenvalue weighted by atomic mass is 9.73. The van der Waals surface area contributed by atoms with E-state index < -0.39 is 0 Å². The van der Waals surface area contributed by atoms with Crippen LogP contribution in [0.3, 0.4) is 0 Å². The third kappa shape index (κ3) is 42.6. The van der Waals surface area contributed by atoms with Gasteiger partial charge in [0.1, 0.15) is 0 Å². The molecule has 0 aromatic carbocycles. The molecule has 9 aliphatic heterocycles. The minimum atomic E-state index is 0.295. The Kier molecular flexibility index (Phi) is 59.5. The molecule has 14 rings (SSSR count). The number of ether oxygens (including phenoxy) is 1. The number of piperidine rings is 4. The predicted molar refractivity (Wildman–Crippen MR) is 432 cm³/mol. The zero-order chi connectivity index (χ0) is 69.8. The molecule has 0 aromatic rings. The van der Waals surface area contributed by atoms with E-state index in [0.717, 1.165) is 63.4 Å². The molecule has 570 valence electrons. The van der Waals surface area contributed by atoms with Gasteiger partial charge in [0.25, 0.3) is 0 Å². The van der Waals surface area contributed by atoms with Crippen LogP contribution in [0.1, 0.15) is 360 Å². The summed E-state index contributed by atoms with van der Waals surface area (Å²) in [6.07, 6.45) is 58.1. The fourth-order valence-corrected chi connectivity index (χ4v) is 19.0. The summed E-state index contributed by atoms with van der Waals surface area (Å²) in [4.78, 5) is 0. The van der Waals surface area contributed by atoms with Crippen LogP contribution in [0.5, 0.6) is 0 Å². The second-order valence-corrected chi connectivity index (χ2v) is 34.5. The van der Waals surface area contributed by atoms with Crippen LogP contribution in [0.15, 0.2) is 0 Å². The van der Waals surface area contributed by atoms with Crippen LogP contribution < -0.4 is 53.2 Å². The molecule has 0 amide bonds. The molecule has 13 heteroatoms. The highest BCUT2D eigenvalue weighted by molar-refractivity contribution is 8.01. The molecule has 5 aliphatic carbocycles. The van der Waals surface area contributed by atoms with Crippen molar-refractivity contribution in [2.75, 3.05) is 129 Å². The van der Waals surface area contributed by atoms with Crippen LogP contribution in [0, 0.1) is 10.8 Å². The first-order chi connectivity index (χ1) is 46.3. The summed E-state index contributed by atoms with van der Waals surface area (Å²) in [5.74, 6) is 2.64. The molecule has 10 N–H and O–H groups in total. The summed E-state index contributed by atoms with van der Waals surface area (Å²) >= 11 is 4.41. The lowest BCUT2D eigenvalue weighted by Gasteiger charge is -2.42. The SMILES string of the molecule is C1CC2(CCN1)CNCCN2.C1CC2(CCN1)CNCCS2.C1CC2(CCN1)CNCN2.C1CCC2(CC1)CCCC2.C1CCC2(CC1)CCCC2.C1CCC2(CC1)CNCCS2.C1CCC2(CCNCC2)OC1.CCC.CCC.CCC.CCC.CCC.CCC.CCC. The maximum Gasteiger partial charge on any atom is 0.0706 e. The van der Waals surface area contributed by atoms with Gasteiger partial charge < -0.3 is 52.6 Å². The first kappa shape index (κ1) is 93.3. The van der Waals surface area contributed by atoms with Crippen molar-refractivity contribution in [3.63, 3.8) is 0 Å². The Morgan fingerprint density at radius 3 is 0.874 bits per heavy atom. The Hall–Kier alpha value is 0.260. The number of piperazine rings is 1. The summed E-state index contributed by atoms with van der Waals surface area (Å²) < 4.78 is 7.13. The number of thioether (sulfide) groups is 2. The summed E-state index contributed by atoms with van der Waals surface area (Å²) in [7, 11) is 0. The fourth-order valence-electron chi connectivity index (χ4n) is 16.1. The maximum absolute atomic E-state index is 5.87. The molecule has 0 aromatic heterocycles. The minimum Gasteiger partial charge on any atom is -0.375 e. The van der Waals surface area contributed by atoms with Gasteiger partial charge in [-0.25, -0.2) is 0 Å². The number of hydrogen-bond donors (Lipinski definition) is 10. The fraction of sp³-hybridized carbons (Fsp3) is 1.00. The minimum absolute atomic E-state index is 0.295. The molecule has 9 heterocycles. The maximum atomic E-state index is 5.87. The van der Waals surface area contributed by atoms with Crippen molar-refractivity contribution in [1.82, 2.24) is 53.2 Å². The van der Waals surface area contributed by atoms with Gasteiger partial charge in [0, 0.05) is 97.7 Å². The largest absolute Gasteiger partial charge is 0.375 e. The average molecular weight is 1380 g/mol. The van der Waals surface area contributed by atoms with E-state index in [1.807, 2.05) is 0 Å². The van der Waals surface area contributed by atoms with Crippen LogP contribution in [0.25, 0.3) is 0 Å². The summed E-state index contributed by atoms with van der Waals surface area (Å²) in [6.45, 7) is 50.7. The van der Waals surface area contributed by atoms with Crippen LogP contribution in [0.4, 0.5) is 0 Å². The van der Waals surface area contributed by atoms with Gasteiger partial charge in [0.15, 0.2) is 0 Å². The van der Waals surface area contributed by atoms with Crippen molar-refractivity contribution < 1.29 is 4.74 Å².